The summed E-state index contributed by atoms with van der Waals surface area (Å²) < 4.78 is 6.44. The largest absolute Gasteiger partial charge is 0.483 e. The molecule has 1 aliphatic heterocycles. The predicted molar refractivity (Wildman–Crippen MR) is 151 cm³/mol. The molecule has 2 atom stereocenters. The zero-order valence-electron chi connectivity index (χ0n) is 21.5. The summed E-state index contributed by atoms with van der Waals surface area (Å²) in [5.74, 6) is 1.03. The van der Waals surface area contributed by atoms with Crippen molar-refractivity contribution < 1.29 is 9.53 Å². The van der Waals surface area contributed by atoms with Gasteiger partial charge >= 0.3 is 0 Å². The number of benzene rings is 4. The molecule has 0 unspecified atom stereocenters. The number of carbonyl (C=O) groups is 1. The first kappa shape index (κ1) is 24.3. The zero-order chi connectivity index (χ0) is 26.8. The molecule has 0 bridgehead atoms. The maximum Gasteiger partial charge on any atom is 0.228 e. The van der Waals surface area contributed by atoms with Crippen molar-refractivity contribution in [2.45, 2.75) is 25.4 Å². The van der Waals surface area contributed by atoms with E-state index in [1.807, 2.05) is 85.8 Å². The van der Waals surface area contributed by atoms with Gasteiger partial charge in [-0.25, -0.2) is 5.10 Å². The molecular formula is C32H27N5O2. The molecule has 0 aliphatic carbocycles. The lowest BCUT2D eigenvalue weighted by Crippen LogP contribution is -2.17. The highest BCUT2D eigenvalue weighted by molar-refractivity contribution is 5.96. The summed E-state index contributed by atoms with van der Waals surface area (Å²) >= 11 is 0. The van der Waals surface area contributed by atoms with Crippen molar-refractivity contribution >= 4 is 11.6 Å². The van der Waals surface area contributed by atoms with Crippen molar-refractivity contribution in [3.05, 3.63) is 126 Å². The summed E-state index contributed by atoms with van der Waals surface area (Å²) in [4.78, 5) is 13.3. The molecule has 2 heterocycles. The number of amides is 1. The molecule has 5 aromatic rings. The Morgan fingerprint density at radius 2 is 1.74 bits per heavy atom. The molecular weight excluding hydrogens is 486 g/mol. The molecule has 4 aromatic carbocycles. The molecule has 0 fully saturated rings. The van der Waals surface area contributed by atoms with E-state index in [9.17, 15) is 4.79 Å². The lowest BCUT2D eigenvalue weighted by molar-refractivity contribution is -0.115. The highest BCUT2D eigenvalue weighted by Crippen LogP contribution is 2.49. The van der Waals surface area contributed by atoms with Gasteiger partial charge < -0.3 is 10.1 Å². The van der Waals surface area contributed by atoms with Crippen LogP contribution in [0.5, 0.6) is 5.75 Å². The Morgan fingerprint density at radius 3 is 2.46 bits per heavy atom. The maximum absolute atomic E-state index is 13.3. The predicted octanol–water partition coefficient (Wildman–Crippen LogP) is 6.10. The van der Waals surface area contributed by atoms with E-state index in [1.165, 1.54) is 0 Å². The topological polar surface area (TPSA) is 92.8 Å². The van der Waals surface area contributed by atoms with Gasteiger partial charge in [-0.2, -0.15) is 0 Å². The minimum absolute atomic E-state index is 0.0782. The van der Waals surface area contributed by atoms with Crippen molar-refractivity contribution in [3.63, 3.8) is 0 Å². The van der Waals surface area contributed by atoms with Gasteiger partial charge in [-0.05, 0) is 51.7 Å². The Kier molecular flexibility index (Phi) is 6.47. The smallest absolute Gasteiger partial charge is 0.228 e. The Bertz CT molecular complexity index is 1630. The quantitative estimate of drug-likeness (QED) is 0.257. The number of rotatable bonds is 7. The van der Waals surface area contributed by atoms with Crippen LogP contribution in [0.15, 0.2) is 104 Å². The Hall–Kier alpha value is -5.04. The summed E-state index contributed by atoms with van der Waals surface area (Å²) in [5.41, 5.74) is 7.53. The highest BCUT2D eigenvalue weighted by atomic mass is 16.5. The fourth-order valence-corrected chi connectivity index (χ4v) is 5.16. The first-order valence-electron chi connectivity index (χ1n) is 12.8. The molecule has 7 heteroatoms. The van der Waals surface area contributed by atoms with Crippen molar-refractivity contribution in [2.75, 3.05) is 5.32 Å². The van der Waals surface area contributed by atoms with Crippen molar-refractivity contribution in [1.82, 2.24) is 20.6 Å². The second-order valence-corrected chi connectivity index (χ2v) is 9.65. The number of H-pyrrole nitrogens is 1. The third-order valence-electron chi connectivity index (χ3n) is 7.02. The average Bonchev–Trinajstić information content (AvgIpc) is 3.63. The lowest BCUT2D eigenvalue weighted by atomic mass is 9.86. The van der Waals surface area contributed by atoms with Gasteiger partial charge in [-0.15, -0.1) is 5.10 Å². The summed E-state index contributed by atoms with van der Waals surface area (Å²) in [6, 6.07) is 30.2. The summed E-state index contributed by atoms with van der Waals surface area (Å²) in [6.07, 6.45) is 1.80. The van der Waals surface area contributed by atoms with Crippen LogP contribution in [-0.4, -0.2) is 32.6 Å². The van der Waals surface area contributed by atoms with E-state index in [4.69, 9.17) is 4.74 Å². The van der Waals surface area contributed by atoms with Crippen LogP contribution in [0.4, 0.5) is 5.69 Å². The van der Waals surface area contributed by atoms with Crippen LogP contribution in [0.1, 0.15) is 28.2 Å². The number of aromatic nitrogens is 4. The third kappa shape index (κ3) is 4.82. The van der Waals surface area contributed by atoms with Crippen LogP contribution in [0.2, 0.25) is 0 Å². The highest BCUT2D eigenvalue weighted by Gasteiger charge is 2.36. The summed E-state index contributed by atoms with van der Waals surface area (Å²) in [7, 11) is 0. The van der Waals surface area contributed by atoms with E-state index >= 15 is 0 Å². The van der Waals surface area contributed by atoms with Gasteiger partial charge in [-0.3, -0.25) is 4.79 Å². The van der Waals surface area contributed by atoms with Crippen molar-refractivity contribution in [1.29, 1.82) is 0 Å². The fraction of sp³-hybridized carbons (Fsp3) is 0.125. The van der Waals surface area contributed by atoms with E-state index < -0.39 is 0 Å². The van der Waals surface area contributed by atoms with E-state index in [0.717, 1.165) is 38.9 Å². The molecule has 1 aliphatic rings. The monoisotopic (exact) mass is 513 g/mol. The summed E-state index contributed by atoms with van der Waals surface area (Å²) in [5, 5.41) is 17.7. The molecule has 2 N–H and O–H groups in total. The Balaban J connectivity index is 1.47. The number of hydrogen-bond acceptors (Lipinski definition) is 5. The fourth-order valence-electron chi connectivity index (χ4n) is 5.16. The minimum atomic E-state index is -0.279. The van der Waals surface area contributed by atoms with Gasteiger partial charge in [0, 0.05) is 11.1 Å². The third-order valence-corrected chi connectivity index (χ3v) is 7.02. The molecule has 192 valence electrons. The standard InChI is InChI=1S/C32H27N5O2/c1-3-28-30(22-9-5-4-6-10-22)26-18-23(24-11-7-8-12-25(24)32-34-36-37-35-32)19-27(31(26)39-28)33-29(38)17-21-15-13-20(2)14-16-21/h3-16,18-19,28,30H,1,17H2,2H3,(H,33,38)(H,34,35,36,37)/t28-,30+/m0/s1. The number of hydrogen-bond donors (Lipinski definition) is 2. The normalized spacial score (nSPS) is 15.8. The SMILES string of the molecule is C=C[C@@H]1Oc2c(NC(=O)Cc3ccc(C)cc3)cc(-c3ccccc3-c3nnn[nH]3)cc2[C@H]1c1ccccc1. The number of fused-ring (bicyclic) bond motifs is 1. The Labute approximate surface area is 226 Å². The van der Waals surface area contributed by atoms with E-state index in [0.29, 0.717) is 17.3 Å². The molecule has 1 aromatic heterocycles. The molecule has 0 radical (unpaired) electrons. The van der Waals surface area contributed by atoms with Crippen LogP contribution in [0, 0.1) is 6.92 Å². The molecule has 7 nitrogen and oxygen atoms in total. The maximum atomic E-state index is 13.3. The lowest BCUT2D eigenvalue weighted by Gasteiger charge is -2.17. The zero-order valence-corrected chi connectivity index (χ0v) is 21.5. The van der Waals surface area contributed by atoms with Crippen LogP contribution >= 0.6 is 0 Å². The van der Waals surface area contributed by atoms with Gasteiger partial charge in [0.2, 0.25) is 5.91 Å². The minimum Gasteiger partial charge on any atom is -0.483 e. The number of anilines is 1. The van der Waals surface area contributed by atoms with Crippen molar-refractivity contribution in [3.8, 4) is 28.3 Å². The number of nitrogens with one attached hydrogen (secondary N) is 2. The van der Waals surface area contributed by atoms with Gasteiger partial charge in [0.1, 0.15) is 11.9 Å². The summed E-state index contributed by atoms with van der Waals surface area (Å²) in [6.45, 7) is 6.07. The number of tetrazole rings is 1. The first-order valence-corrected chi connectivity index (χ1v) is 12.8. The molecule has 6 rings (SSSR count). The number of aryl methyl sites for hydroxylation is 1. The second-order valence-electron chi connectivity index (χ2n) is 9.65. The van der Waals surface area contributed by atoms with Crippen LogP contribution in [-0.2, 0) is 11.2 Å². The van der Waals surface area contributed by atoms with E-state index in [2.05, 4.69) is 50.7 Å². The Morgan fingerprint density at radius 1 is 1.00 bits per heavy atom. The van der Waals surface area contributed by atoms with Crippen LogP contribution in [0.3, 0.4) is 0 Å². The number of ether oxygens (including phenoxy) is 1. The van der Waals surface area contributed by atoms with E-state index in [1.54, 1.807) is 0 Å². The molecule has 0 spiro atoms. The van der Waals surface area contributed by atoms with Crippen molar-refractivity contribution in [2.24, 2.45) is 0 Å². The van der Waals surface area contributed by atoms with Crippen LogP contribution in [0.25, 0.3) is 22.5 Å². The van der Waals surface area contributed by atoms with Gasteiger partial charge in [0.05, 0.1) is 18.0 Å². The van der Waals surface area contributed by atoms with E-state index in [-0.39, 0.29) is 24.3 Å². The molecule has 0 saturated heterocycles. The number of carbonyl (C=O) groups excluding carboxylic acids is 1. The van der Waals surface area contributed by atoms with Gasteiger partial charge in [0.15, 0.2) is 5.82 Å². The molecule has 39 heavy (non-hydrogen) atoms. The molecule has 0 saturated carbocycles. The average molecular weight is 514 g/mol. The number of aromatic amines is 1. The first-order chi connectivity index (χ1) is 19.1. The van der Waals surface area contributed by atoms with Gasteiger partial charge in [0.25, 0.3) is 0 Å². The second kappa shape index (κ2) is 10.4. The molecule has 1 amide bonds. The van der Waals surface area contributed by atoms with Gasteiger partial charge in [-0.1, -0.05) is 97.1 Å². The number of nitrogens with zero attached hydrogens (tertiary/aromatic N) is 3. The van der Waals surface area contributed by atoms with Crippen LogP contribution < -0.4 is 10.1 Å².